The number of aryl methyl sites for hydroxylation is 1. The monoisotopic (exact) mass is 424 g/mol. The zero-order valence-electron chi connectivity index (χ0n) is 17.5. The molecule has 1 aliphatic rings. The number of aliphatic imine (C=N–C) groups is 1. The summed E-state index contributed by atoms with van der Waals surface area (Å²) in [6.07, 6.45) is 2.75. The van der Waals surface area contributed by atoms with Gasteiger partial charge >= 0.3 is 0 Å². The maximum absolute atomic E-state index is 4.82. The first kappa shape index (κ1) is 20.3. The Bertz CT molecular complexity index is 956. The van der Waals surface area contributed by atoms with Gasteiger partial charge in [-0.25, -0.2) is 15.0 Å². The van der Waals surface area contributed by atoms with E-state index in [1.807, 2.05) is 24.4 Å². The van der Waals surface area contributed by atoms with Gasteiger partial charge in [-0.15, -0.1) is 0 Å². The van der Waals surface area contributed by atoms with Gasteiger partial charge in [0.15, 0.2) is 5.96 Å². The van der Waals surface area contributed by atoms with E-state index in [0.29, 0.717) is 6.54 Å². The van der Waals surface area contributed by atoms with Gasteiger partial charge in [0.25, 0.3) is 0 Å². The molecule has 1 saturated heterocycles. The zero-order valence-corrected chi connectivity index (χ0v) is 18.3. The molecule has 30 heavy (non-hydrogen) atoms. The van der Waals surface area contributed by atoms with Crippen molar-refractivity contribution >= 4 is 22.6 Å². The lowest BCUT2D eigenvalue weighted by molar-refractivity contribution is 0.372. The van der Waals surface area contributed by atoms with Crippen molar-refractivity contribution in [2.75, 3.05) is 37.6 Å². The van der Waals surface area contributed by atoms with Gasteiger partial charge in [0.2, 0.25) is 5.13 Å². The van der Waals surface area contributed by atoms with Gasteiger partial charge in [0.05, 0.1) is 11.9 Å². The average molecular weight is 425 g/mol. The van der Waals surface area contributed by atoms with Gasteiger partial charge < -0.3 is 20.1 Å². The minimum Gasteiger partial charge on any atom is -0.357 e. The second kappa shape index (κ2) is 9.71. The number of nitrogens with zero attached hydrogens (tertiary/aromatic N) is 6. The SMILES string of the molecule is CCNC(=NCc1ncc(-c2ccccc2)[nH]1)N1CCN(c2nc(CC)ns2)CC1. The Labute approximate surface area is 181 Å². The molecule has 8 nitrogen and oxygen atoms in total. The first-order valence-corrected chi connectivity index (χ1v) is 11.2. The molecule has 0 radical (unpaired) electrons. The summed E-state index contributed by atoms with van der Waals surface area (Å²) < 4.78 is 4.41. The van der Waals surface area contributed by atoms with E-state index < -0.39 is 0 Å². The summed E-state index contributed by atoms with van der Waals surface area (Å²) in [5, 5.41) is 4.44. The van der Waals surface area contributed by atoms with E-state index in [-0.39, 0.29) is 0 Å². The van der Waals surface area contributed by atoms with Gasteiger partial charge in [-0.3, -0.25) is 0 Å². The third kappa shape index (κ3) is 4.79. The molecule has 0 spiro atoms. The summed E-state index contributed by atoms with van der Waals surface area (Å²) in [5.74, 6) is 2.73. The van der Waals surface area contributed by atoms with Crippen molar-refractivity contribution in [1.82, 2.24) is 29.5 Å². The summed E-state index contributed by atoms with van der Waals surface area (Å²) in [7, 11) is 0. The van der Waals surface area contributed by atoms with Crippen molar-refractivity contribution in [3.05, 3.63) is 48.2 Å². The normalized spacial score (nSPS) is 14.9. The predicted octanol–water partition coefficient (Wildman–Crippen LogP) is 2.78. The van der Waals surface area contributed by atoms with Crippen LogP contribution in [0.5, 0.6) is 0 Å². The maximum atomic E-state index is 4.82. The molecule has 1 aliphatic heterocycles. The van der Waals surface area contributed by atoms with Crippen molar-refractivity contribution < 1.29 is 0 Å². The quantitative estimate of drug-likeness (QED) is 0.468. The van der Waals surface area contributed by atoms with Crippen LogP contribution in [0.3, 0.4) is 0 Å². The highest BCUT2D eigenvalue weighted by Crippen LogP contribution is 2.19. The Kier molecular flexibility index (Phi) is 6.58. The van der Waals surface area contributed by atoms with Crippen molar-refractivity contribution in [3.8, 4) is 11.3 Å². The van der Waals surface area contributed by atoms with Crippen LogP contribution in [-0.2, 0) is 13.0 Å². The predicted molar refractivity (Wildman–Crippen MR) is 122 cm³/mol. The van der Waals surface area contributed by atoms with Crippen molar-refractivity contribution in [2.24, 2.45) is 4.99 Å². The zero-order chi connectivity index (χ0) is 20.8. The molecule has 4 rings (SSSR count). The molecule has 0 amide bonds. The smallest absolute Gasteiger partial charge is 0.205 e. The fourth-order valence-corrected chi connectivity index (χ4v) is 4.21. The number of aromatic nitrogens is 4. The Morgan fingerprint density at radius 1 is 1.17 bits per heavy atom. The fourth-order valence-electron chi connectivity index (χ4n) is 3.41. The molecule has 3 aromatic rings. The molecule has 0 unspecified atom stereocenters. The molecule has 2 N–H and O–H groups in total. The first-order chi connectivity index (χ1) is 14.8. The van der Waals surface area contributed by atoms with Crippen LogP contribution in [0.1, 0.15) is 25.5 Å². The third-order valence-corrected chi connectivity index (χ3v) is 5.86. The standard InChI is InChI=1S/C21H28N8S/c1-3-18-26-21(30-27-18)29-12-10-28(11-13-29)20(22-4-2)24-15-19-23-14-17(25-19)16-8-6-5-7-9-16/h5-9,14H,3-4,10-13,15H2,1-2H3,(H,22,24)(H,23,25). The van der Waals surface area contributed by atoms with E-state index in [0.717, 1.165) is 73.1 Å². The molecular formula is C21H28N8S. The van der Waals surface area contributed by atoms with Crippen molar-refractivity contribution in [1.29, 1.82) is 0 Å². The topological polar surface area (TPSA) is 85.3 Å². The summed E-state index contributed by atoms with van der Waals surface area (Å²) in [6, 6.07) is 10.2. The van der Waals surface area contributed by atoms with Crippen LogP contribution < -0.4 is 10.2 Å². The molecule has 1 aromatic carbocycles. The average Bonchev–Trinajstić information content (AvgIpc) is 3.47. The molecule has 158 valence electrons. The molecular weight excluding hydrogens is 396 g/mol. The van der Waals surface area contributed by atoms with Crippen LogP contribution in [-0.4, -0.2) is 62.9 Å². The largest absolute Gasteiger partial charge is 0.357 e. The van der Waals surface area contributed by atoms with Gasteiger partial charge in [-0.2, -0.15) is 4.37 Å². The Morgan fingerprint density at radius 2 is 1.97 bits per heavy atom. The number of guanidine groups is 1. The third-order valence-electron chi connectivity index (χ3n) is 5.05. The van der Waals surface area contributed by atoms with E-state index in [1.54, 1.807) is 0 Å². The number of anilines is 1. The number of rotatable bonds is 6. The van der Waals surface area contributed by atoms with E-state index in [2.05, 4.69) is 60.4 Å². The number of aromatic amines is 1. The van der Waals surface area contributed by atoms with E-state index in [1.165, 1.54) is 11.5 Å². The van der Waals surface area contributed by atoms with E-state index in [9.17, 15) is 0 Å². The van der Waals surface area contributed by atoms with Gasteiger partial charge in [0, 0.05) is 50.7 Å². The van der Waals surface area contributed by atoms with Crippen LogP contribution in [0.4, 0.5) is 5.13 Å². The first-order valence-electron chi connectivity index (χ1n) is 10.5. The number of hydrogen-bond donors (Lipinski definition) is 2. The van der Waals surface area contributed by atoms with E-state index in [4.69, 9.17) is 4.99 Å². The maximum Gasteiger partial charge on any atom is 0.205 e. The Hall–Kier alpha value is -2.94. The lowest BCUT2D eigenvalue weighted by Gasteiger charge is -2.36. The number of nitrogens with one attached hydrogen (secondary N) is 2. The molecule has 0 atom stereocenters. The highest BCUT2D eigenvalue weighted by Gasteiger charge is 2.22. The molecule has 1 fully saturated rings. The van der Waals surface area contributed by atoms with Gasteiger partial charge in [-0.05, 0) is 12.5 Å². The number of H-pyrrole nitrogens is 1. The Balaban J connectivity index is 1.38. The van der Waals surface area contributed by atoms with Crippen molar-refractivity contribution in [3.63, 3.8) is 0 Å². The second-order valence-corrected chi connectivity index (χ2v) is 7.83. The molecule has 0 bridgehead atoms. The summed E-state index contributed by atoms with van der Waals surface area (Å²) in [5.41, 5.74) is 2.15. The summed E-state index contributed by atoms with van der Waals surface area (Å²) >= 11 is 1.50. The van der Waals surface area contributed by atoms with Crippen LogP contribution in [0.25, 0.3) is 11.3 Å². The van der Waals surface area contributed by atoms with Crippen LogP contribution in [0, 0.1) is 0 Å². The molecule has 2 aromatic heterocycles. The summed E-state index contributed by atoms with van der Waals surface area (Å²) in [6.45, 7) is 9.18. The second-order valence-electron chi connectivity index (χ2n) is 7.10. The van der Waals surface area contributed by atoms with Gasteiger partial charge in [-0.1, -0.05) is 37.3 Å². The number of imidazole rings is 1. The van der Waals surface area contributed by atoms with Crippen molar-refractivity contribution in [2.45, 2.75) is 26.8 Å². The highest BCUT2D eigenvalue weighted by molar-refractivity contribution is 7.09. The fraction of sp³-hybridized carbons (Fsp3) is 0.429. The number of piperazine rings is 1. The van der Waals surface area contributed by atoms with Gasteiger partial charge in [0.1, 0.15) is 18.2 Å². The van der Waals surface area contributed by atoms with Crippen LogP contribution in [0.15, 0.2) is 41.5 Å². The lowest BCUT2D eigenvalue weighted by Crippen LogP contribution is -2.52. The molecule has 9 heteroatoms. The molecule has 0 saturated carbocycles. The van der Waals surface area contributed by atoms with Crippen LogP contribution >= 0.6 is 11.5 Å². The van der Waals surface area contributed by atoms with Crippen LogP contribution in [0.2, 0.25) is 0 Å². The minimum absolute atomic E-state index is 0.519. The lowest BCUT2D eigenvalue weighted by atomic mass is 10.2. The van der Waals surface area contributed by atoms with E-state index >= 15 is 0 Å². The molecule has 0 aliphatic carbocycles. The number of hydrogen-bond acceptors (Lipinski definition) is 6. The highest BCUT2D eigenvalue weighted by atomic mass is 32.1. The Morgan fingerprint density at radius 3 is 2.67 bits per heavy atom. The molecule has 3 heterocycles. The minimum atomic E-state index is 0.519. The number of benzene rings is 1. The summed E-state index contributed by atoms with van der Waals surface area (Å²) in [4.78, 5) is 21.9.